The average molecular weight is 353 g/mol. The van der Waals surface area contributed by atoms with Gasteiger partial charge in [-0.15, -0.1) is 0 Å². The number of aromatic nitrogens is 2. The van der Waals surface area contributed by atoms with E-state index in [1.54, 1.807) is 5.56 Å². The van der Waals surface area contributed by atoms with Crippen LogP contribution in [0.1, 0.15) is 41.8 Å². The Balaban J connectivity index is 1.25. The second-order valence-electron chi connectivity index (χ2n) is 7.97. The number of nitrogens with zero attached hydrogens (tertiary/aromatic N) is 4. The Kier molecular flexibility index (Phi) is 5.30. The van der Waals surface area contributed by atoms with Crippen LogP contribution < -0.4 is 4.90 Å². The van der Waals surface area contributed by atoms with Crippen molar-refractivity contribution in [2.75, 3.05) is 37.6 Å². The molecule has 4 nitrogen and oxygen atoms in total. The highest BCUT2D eigenvalue weighted by Crippen LogP contribution is 2.25. The molecule has 1 fully saturated rings. The van der Waals surface area contributed by atoms with Crippen LogP contribution in [-0.4, -0.2) is 47.4 Å². The maximum atomic E-state index is 4.82. The summed E-state index contributed by atoms with van der Waals surface area (Å²) in [5.41, 5.74) is 7.15. The molecule has 2 heterocycles. The molecule has 0 atom stereocenters. The van der Waals surface area contributed by atoms with Gasteiger partial charge in [0.25, 0.3) is 0 Å². The molecule has 0 radical (unpaired) electrons. The van der Waals surface area contributed by atoms with Crippen LogP contribution in [0.3, 0.4) is 0 Å². The Morgan fingerprint density at radius 1 is 0.962 bits per heavy atom. The fraction of sp³-hybridized carbons (Fsp3) is 0.591. The molecule has 1 aromatic heterocycles. The first kappa shape index (κ1) is 17.6. The minimum atomic E-state index is 1.14. The standard InChI is InChI=1S/C22H32N4/c1-18-9-11-19(12-10-18)26-16-14-25(15-17-26)13-5-7-21-20-6-3-4-8-22(20)24(2)23-21/h9-12H,3-8,13-17H2,1-2H3. The van der Waals surface area contributed by atoms with Crippen LogP contribution >= 0.6 is 0 Å². The molecule has 140 valence electrons. The van der Waals surface area contributed by atoms with Crippen molar-refractivity contribution in [3.05, 3.63) is 46.8 Å². The summed E-state index contributed by atoms with van der Waals surface area (Å²) in [7, 11) is 2.12. The van der Waals surface area contributed by atoms with Gasteiger partial charge in [-0.05, 0) is 69.7 Å². The monoisotopic (exact) mass is 352 g/mol. The molecule has 2 aromatic rings. The molecule has 0 amide bonds. The maximum absolute atomic E-state index is 4.82. The summed E-state index contributed by atoms with van der Waals surface area (Å²) in [5.74, 6) is 0. The van der Waals surface area contributed by atoms with Crippen LogP contribution in [0, 0.1) is 6.92 Å². The van der Waals surface area contributed by atoms with Gasteiger partial charge < -0.3 is 4.90 Å². The molecule has 2 aliphatic rings. The van der Waals surface area contributed by atoms with Crippen molar-refractivity contribution in [3.63, 3.8) is 0 Å². The molecule has 1 aromatic carbocycles. The van der Waals surface area contributed by atoms with Crippen LogP contribution in [-0.2, 0) is 26.3 Å². The van der Waals surface area contributed by atoms with Gasteiger partial charge in [0.15, 0.2) is 0 Å². The summed E-state index contributed by atoms with van der Waals surface area (Å²) in [4.78, 5) is 5.14. The third kappa shape index (κ3) is 3.80. The van der Waals surface area contributed by atoms with Crippen molar-refractivity contribution in [3.8, 4) is 0 Å². The number of benzene rings is 1. The lowest BCUT2D eigenvalue weighted by molar-refractivity contribution is 0.254. The van der Waals surface area contributed by atoms with E-state index >= 15 is 0 Å². The second-order valence-corrected chi connectivity index (χ2v) is 7.97. The molecule has 4 heteroatoms. The summed E-state index contributed by atoms with van der Waals surface area (Å²) in [6.07, 6.45) is 7.51. The lowest BCUT2D eigenvalue weighted by Gasteiger charge is -2.36. The van der Waals surface area contributed by atoms with Crippen molar-refractivity contribution >= 4 is 5.69 Å². The molecule has 26 heavy (non-hydrogen) atoms. The lowest BCUT2D eigenvalue weighted by Crippen LogP contribution is -2.46. The zero-order chi connectivity index (χ0) is 17.9. The Morgan fingerprint density at radius 2 is 1.69 bits per heavy atom. The van der Waals surface area contributed by atoms with E-state index in [1.807, 2.05) is 0 Å². The fourth-order valence-electron chi connectivity index (χ4n) is 4.52. The van der Waals surface area contributed by atoms with Gasteiger partial charge in [-0.2, -0.15) is 5.10 Å². The van der Waals surface area contributed by atoms with Crippen molar-refractivity contribution in [1.29, 1.82) is 0 Å². The SMILES string of the molecule is Cc1ccc(N2CCN(CCCc3nn(C)c4c3CCCC4)CC2)cc1. The summed E-state index contributed by atoms with van der Waals surface area (Å²) in [6.45, 7) is 7.99. The lowest BCUT2D eigenvalue weighted by atomic mass is 9.94. The molecule has 1 aliphatic heterocycles. The van der Waals surface area contributed by atoms with Gasteiger partial charge in [0.1, 0.15) is 0 Å². The first-order valence-electron chi connectivity index (χ1n) is 10.3. The molecule has 0 N–H and O–H groups in total. The molecule has 1 aliphatic carbocycles. The number of aryl methyl sites for hydroxylation is 3. The Labute approximate surface area is 157 Å². The molecule has 0 spiro atoms. The van der Waals surface area contributed by atoms with Gasteiger partial charge in [0.05, 0.1) is 5.69 Å². The van der Waals surface area contributed by atoms with E-state index in [1.165, 1.54) is 74.4 Å². The number of anilines is 1. The quantitative estimate of drug-likeness (QED) is 0.825. The zero-order valence-electron chi connectivity index (χ0n) is 16.4. The van der Waals surface area contributed by atoms with Crippen molar-refractivity contribution in [2.24, 2.45) is 7.05 Å². The summed E-state index contributed by atoms with van der Waals surface area (Å²) in [5, 5.41) is 4.82. The smallest absolute Gasteiger partial charge is 0.0659 e. The average Bonchev–Trinajstić information content (AvgIpc) is 2.99. The number of hydrogen-bond acceptors (Lipinski definition) is 3. The van der Waals surface area contributed by atoms with Gasteiger partial charge in [-0.25, -0.2) is 0 Å². The van der Waals surface area contributed by atoms with E-state index in [4.69, 9.17) is 5.10 Å². The largest absolute Gasteiger partial charge is 0.369 e. The van der Waals surface area contributed by atoms with E-state index in [-0.39, 0.29) is 0 Å². The molecule has 0 saturated carbocycles. The second kappa shape index (κ2) is 7.83. The number of piperazine rings is 1. The number of rotatable bonds is 5. The molecule has 4 rings (SSSR count). The van der Waals surface area contributed by atoms with E-state index in [0.29, 0.717) is 0 Å². The van der Waals surface area contributed by atoms with E-state index in [9.17, 15) is 0 Å². The summed E-state index contributed by atoms with van der Waals surface area (Å²) < 4.78 is 2.14. The van der Waals surface area contributed by atoms with E-state index < -0.39 is 0 Å². The highest BCUT2D eigenvalue weighted by molar-refractivity contribution is 5.47. The van der Waals surface area contributed by atoms with Gasteiger partial charge in [0, 0.05) is 44.6 Å². The minimum Gasteiger partial charge on any atom is -0.369 e. The van der Waals surface area contributed by atoms with Crippen LogP contribution in [0.25, 0.3) is 0 Å². The third-order valence-corrected chi connectivity index (χ3v) is 6.11. The van der Waals surface area contributed by atoms with Crippen molar-refractivity contribution < 1.29 is 0 Å². The highest BCUT2D eigenvalue weighted by atomic mass is 15.3. The third-order valence-electron chi connectivity index (χ3n) is 6.11. The predicted octanol–water partition coefficient (Wildman–Crippen LogP) is 3.36. The minimum absolute atomic E-state index is 1.14. The molecule has 0 unspecified atom stereocenters. The van der Waals surface area contributed by atoms with Crippen LogP contribution in [0.2, 0.25) is 0 Å². The zero-order valence-corrected chi connectivity index (χ0v) is 16.4. The van der Waals surface area contributed by atoms with Gasteiger partial charge >= 0.3 is 0 Å². The van der Waals surface area contributed by atoms with E-state index in [2.05, 4.69) is 52.7 Å². The van der Waals surface area contributed by atoms with Gasteiger partial charge in [-0.1, -0.05) is 17.7 Å². The fourth-order valence-corrected chi connectivity index (χ4v) is 4.52. The highest BCUT2D eigenvalue weighted by Gasteiger charge is 2.20. The number of hydrogen-bond donors (Lipinski definition) is 0. The molecule has 0 bridgehead atoms. The van der Waals surface area contributed by atoms with E-state index in [0.717, 1.165) is 19.5 Å². The molecular formula is C22H32N4. The maximum Gasteiger partial charge on any atom is 0.0659 e. The van der Waals surface area contributed by atoms with Crippen LogP contribution in [0.4, 0.5) is 5.69 Å². The molecule has 1 saturated heterocycles. The van der Waals surface area contributed by atoms with Crippen LogP contribution in [0.15, 0.2) is 24.3 Å². The van der Waals surface area contributed by atoms with Crippen LogP contribution in [0.5, 0.6) is 0 Å². The first-order valence-corrected chi connectivity index (χ1v) is 10.3. The number of fused-ring (bicyclic) bond motifs is 1. The Bertz CT molecular complexity index is 723. The van der Waals surface area contributed by atoms with Crippen molar-refractivity contribution in [1.82, 2.24) is 14.7 Å². The van der Waals surface area contributed by atoms with Crippen molar-refractivity contribution in [2.45, 2.75) is 45.4 Å². The Hall–Kier alpha value is -1.81. The first-order chi connectivity index (χ1) is 12.7. The topological polar surface area (TPSA) is 24.3 Å². The van der Waals surface area contributed by atoms with Gasteiger partial charge in [0.2, 0.25) is 0 Å². The predicted molar refractivity (Wildman–Crippen MR) is 108 cm³/mol. The van der Waals surface area contributed by atoms with Gasteiger partial charge in [-0.3, -0.25) is 9.58 Å². The summed E-state index contributed by atoms with van der Waals surface area (Å²) >= 11 is 0. The molecular weight excluding hydrogens is 320 g/mol. The summed E-state index contributed by atoms with van der Waals surface area (Å²) in [6, 6.07) is 8.95. The normalized spacial score (nSPS) is 18.2. The Morgan fingerprint density at radius 3 is 2.46 bits per heavy atom.